The highest BCUT2D eigenvalue weighted by atomic mass is 32.1. The summed E-state index contributed by atoms with van der Waals surface area (Å²) in [4.78, 5) is 25.3. The SMILES string of the molecule is Cc1cscc1C(=O)N(C)Cc1csc(C=CC(=O)O)c1. The predicted octanol–water partition coefficient (Wildman–Crippen LogP) is 3.49. The number of hydrogen-bond acceptors (Lipinski definition) is 4. The summed E-state index contributed by atoms with van der Waals surface area (Å²) in [6.45, 7) is 2.43. The van der Waals surface area contributed by atoms with Gasteiger partial charge in [-0.1, -0.05) is 0 Å². The van der Waals surface area contributed by atoms with Crippen LogP contribution in [-0.4, -0.2) is 28.9 Å². The lowest BCUT2D eigenvalue weighted by molar-refractivity contribution is -0.131. The molecule has 2 aromatic rings. The minimum absolute atomic E-state index is 0.00239. The molecule has 0 aliphatic carbocycles. The van der Waals surface area contributed by atoms with E-state index in [1.165, 1.54) is 22.7 Å². The van der Waals surface area contributed by atoms with Gasteiger partial charge in [0.05, 0.1) is 5.56 Å². The van der Waals surface area contributed by atoms with E-state index in [-0.39, 0.29) is 5.91 Å². The van der Waals surface area contributed by atoms with Crippen molar-refractivity contribution in [3.05, 3.63) is 49.9 Å². The van der Waals surface area contributed by atoms with E-state index in [2.05, 4.69) is 0 Å². The molecule has 0 aliphatic heterocycles. The standard InChI is InChI=1S/C15H15NO3S2/c1-10-7-20-9-13(10)15(19)16(2)6-11-5-12(21-8-11)3-4-14(17)18/h3-5,7-9H,6H2,1-2H3,(H,17,18). The fourth-order valence-corrected chi connectivity index (χ4v) is 3.47. The molecule has 0 aromatic carbocycles. The molecule has 0 atom stereocenters. The van der Waals surface area contributed by atoms with Gasteiger partial charge in [0.1, 0.15) is 0 Å². The van der Waals surface area contributed by atoms with Gasteiger partial charge in [0.2, 0.25) is 0 Å². The van der Waals surface area contributed by atoms with Crippen LogP contribution < -0.4 is 0 Å². The van der Waals surface area contributed by atoms with Crippen molar-refractivity contribution in [1.82, 2.24) is 4.90 Å². The largest absolute Gasteiger partial charge is 0.478 e. The number of amides is 1. The fourth-order valence-electron chi connectivity index (χ4n) is 1.85. The molecular weight excluding hydrogens is 306 g/mol. The van der Waals surface area contributed by atoms with E-state index in [1.54, 1.807) is 18.0 Å². The van der Waals surface area contributed by atoms with Gasteiger partial charge in [-0.2, -0.15) is 11.3 Å². The number of carbonyl (C=O) groups excluding carboxylic acids is 1. The minimum atomic E-state index is -0.967. The second-order valence-electron chi connectivity index (χ2n) is 4.66. The van der Waals surface area contributed by atoms with Gasteiger partial charge < -0.3 is 10.0 Å². The maximum atomic E-state index is 12.3. The Bertz CT molecular complexity index is 685. The number of aliphatic carboxylic acids is 1. The van der Waals surface area contributed by atoms with Gasteiger partial charge in [-0.15, -0.1) is 11.3 Å². The molecule has 1 amide bonds. The van der Waals surface area contributed by atoms with Crippen LogP contribution in [0.4, 0.5) is 0 Å². The van der Waals surface area contributed by atoms with E-state index in [9.17, 15) is 9.59 Å². The highest BCUT2D eigenvalue weighted by Crippen LogP contribution is 2.20. The van der Waals surface area contributed by atoms with Crippen molar-refractivity contribution in [2.24, 2.45) is 0 Å². The molecule has 2 heterocycles. The number of nitrogens with zero attached hydrogens (tertiary/aromatic N) is 1. The van der Waals surface area contributed by atoms with E-state index >= 15 is 0 Å². The van der Waals surface area contributed by atoms with Crippen molar-refractivity contribution in [3.63, 3.8) is 0 Å². The van der Waals surface area contributed by atoms with Crippen molar-refractivity contribution >= 4 is 40.6 Å². The zero-order chi connectivity index (χ0) is 15.4. The molecule has 0 saturated heterocycles. The lowest BCUT2D eigenvalue weighted by Crippen LogP contribution is -2.26. The second-order valence-corrected chi connectivity index (χ2v) is 6.34. The first-order chi connectivity index (χ1) is 9.97. The average molecular weight is 321 g/mol. The Balaban J connectivity index is 2.03. The van der Waals surface area contributed by atoms with E-state index in [0.717, 1.165) is 27.6 Å². The number of rotatable bonds is 5. The molecule has 0 spiro atoms. The first-order valence-electron chi connectivity index (χ1n) is 6.24. The molecule has 2 rings (SSSR count). The quantitative estimate of drug-likeness (QED) is 0.858. The maximum Gasteiger partial charge on any atom is 0.328 e. The Kier molecular flexibility index (Phi) is 4.93. The zero-order valence-electron chi connectivity index (χ0n) is 11.7. The highest BCUT2D eigenvalue weighted by molar-refractivity contribution is 7.11. The Morgan fingerprint density at radius 1 is 1.33 bits per heavy atom. The summed E-state index contributed by atoms with van der Waals surface area (Å²) in [6.07, 6.45) is 2.67. The number of aryl methyl sites for hydroxylation is 1. The first kappa shape index (κ1) is 15.5. The molecule has 2 aromatic heterocycles. The van der Waals surface area contributed by atoms with Crippen LogP contribution in [0.2, 0.25) is 0 Å². The van der Waals surface area contributed by atoms with Crippen LogP contribution in [0.15, 0.2) is 28.3 Å². The molecule has 1 N–H and O–H groups in total. The first-order valence-corrected chi connectivity index (χ1v) is 8.06. The van der Waals surface area contributed by atoms with E-state index < -0.39 is 5.97 Å². The third-order valence-corrected chi connectivity index (χ3v) is 4.72. The molecule has 0 fully saturated rings. The predicted molar refractivity (Wildman–Crippen MR) is 85.8 cm³/mol. The minimum Gasteiger partial charge on any atom is -0.478 e. The van der Waals surface area contributed by atoms with Crippen LogP contribution in [0.1, 0.15) is 26.4 Å². The summed E-state index contributed by atoms with van der Waals surface area (Å²) in [5, 5.41) is 14.4. The zero-order valence-corrected chi connectivity index (χ0v) is 13.3. The van der Waals surface area contributed by atoms with Crippen LogP contribution >= 0.6 is 22.7 Å². The summed E-state index contributed by atoms with van der Waals surface area (Å²) in [6, 6.07) is 1.90. The number of carbonyl (C=O) groups is 2. The molecule has 6 heteroatoms. The molecule has 4 nitrogen and oxygen atoms in total. The molecule has 0 aliphatic rings. The molecule has 0 saturated carbocycles. The topological polar surface area (TPSA) is 57.6 Å². The van der Waals surface area contributed by atoms with Crippen LogP contribution in [0.3, 0.4) is 0 Å². The van der Waals surface area contributed by atoms with Crippen LogP contribution in [0, 0.1) is 6.92 Å². The van der Waals surface area contributed by atoms with Gasteiger partial charge in [-0.3, -0.25) is 4.79 Å². The van der Waals surface area contributed by atoms with E-state index in [4.69, 9.17) is 5.11 Å². The lowest BCUT2D eigenvalue weighted by atomic mass is 10.2. The molecule has 21 heavy (non-hydrogen) atoms. The van der Waals surface area contributed by atoms with E-state index in [0.29, 0.717) is 6.54 Å². The third kappa shape index (κ3) is 4.03. The summed E-state index contributed by atoms with van der Waals surface area (Å²) >= 11 is 2.98. The lowest BCUT2D eigenvalue weighted by Gasteiger charge is -2.16. The van der Waals surface area contributed by atoms with Crippen molar-refractivity contribution < 1.29 is 14.7 Å². The number of carboxylic acid groups (broad SMARTS) is 1. The molecule has 0 bridgehead atoms. The van der Waals surface area contributed by atoms with Crippen molar-refractivity contribution in [3.8, 4) is 0 Å². The number of carboxylic acids is 1. The Labute approximate surface area is 131 Å². The van der Waals surface area contributed by atoms with Crippen LogP contribution in [-0.2, 0) is 11.3 Å². The van der Waals surface area contributed by atoms with Gasteiger partial charge >= 0.3 is 5.97 Å². The second kappa shape index (κ2) is 6.69. The molecule has 0 unspecified atom stereocenters. The van der Waals surface area contributed by atoms with Gasteiger partial charge in [-0.25, -0.2) is 4.79 Å². The Hall–Kier alpha value is -1.92. The molecule has 110 valence electrons. The van der Waals surface area contributed by atoms with Crippen LogP contribution in [0.25, 0.3) is 6.08 Å². The highest BCUT2D eigenvalue weighted by Gasteiger charge is 2.15. The summed E-state index contributed by atoms with van der Waals surface area (Å²) in [7, 11) is 1.77. The van der Waals surface area contributed by atoms with Crippen molar-refractivity contribution in [2.75, 3.05) is 7.05 Å². The molecular formula is C15H15NO3S2. The van der Waals surface area contributed by atoms with Gasteiger partial charge in [0.25, 0.3) is 5.91 Å². The average Bonchev–Trinajstić information content (AvgIpc) is 3.04. The van der Waals surface area contributed by atoms with Crippen molar-refractivity contribution in [1.29, 1.82) is 0 Å². The normalized spacial score (nSPS) is 11.0. The van der Waals surface area contributed by atoms with Crippen LogP contribution in [0.5, 0.6) is 0 Å². The number of hydrogen-bond donors (Lipinski definition) is 1. The Morgan fingerprint density at radius 3 is 2.71 bits per heavy atom. The third-order valence-electron chi connectivity index (χ3n) is 2.92. The van der Waals surface area contributed by atoms with Gasteiger partial charge in [0.15, 0.2) is 0 Å². The maximum absolute atomic E-state index is 12.3. The summed E-state index contributed by atoms with van der Waals surface area (Å²) in [5.74, 6) is -0.965. The number of thiophene rings is 2. The van der Waals surface area contributed by atoms with E-state index in [1.807, 2.05) is 29.1 Å². The fraction of sp³-hybridized carbons (Fsp3) is 0.200. The Morgan fingerprint density at radius 2 is 2.10 bits per heavy atom. The molecule has 0 radical (unpaired) electrons. The van der Waals surface area contributed by atoms with Gasteiger partial charge in [-0.05, 0) is 41.0 Å². The monoisotopic (exact) mass is 321 g/mol. The van der Waals surface area contributed by atoms with Gasteiger partial charge in [0, 0.05) is 29.9 Å². The van der Waals surface area contributed by atoms with Crippen molar-refractivity contribution in [2.45, 2.75) is 13.5 Å². The smallest absolute Gasteiger partial charge is 0.328 e. The summed E-state index contributed by atoms with van der Waals surface area (Å²) < 4.78 is 0. The summed E-state index contributed by atoms with van der Waals surface area (Å²) in [5.41, 5.74) is 2.73.